The largest absolute Gasteiger partial charge is 0.392 e. The Morgan fingerprint density at radius 2 is 2.10 bits per heavy atom. The van der Waals surface area contributed by atoms with Crippen molar-refractivity contribution in [2.75, 3.05) is 0 Å². The Bertz CT molecular complexity index is 178. The summed E-state index contributed by atoms with van der Waals surface area (Å²) in [6, 6.07) is 0. The van der Waals surface area contributed by atoms with E-state index in [-0.39, 0.29) is 17.1 Å². The van der Waals surface area contributed by atoms with Crippen LogP contribution in [0.1, 0.15) is 26.7 Å². The number of nitrogens with two attached hydrogens (primary N) is 1. The standard InChI is InChI=1S/C8H15NO/c1-7(9)4-3-5-6(10)8(5,7)2/h5-6,10H,3-4,9H2,1-2H3. The van der Waals surface area contributed by atoms with Gasteiger partial charge in [0.15, 0.2) is 0 Å². The van der Waals surface area contributed by atoms with E-state index in [4.69, 9.17) is 5.73 Å². The first kappa shape index (κ1) is 6.62. The summed E-state index contributed by atoms with van der Waals surface area (Å²) in [6.07, 6.45) is 2.08. The zero-order valence-corrected chi connectivity index (χ0v) is 6.59. The molecule has 0 amide bonds. The van der Waals surface area contributed by atoms with Crippen LogP contribution in [0.25, 0.3) is 0 Å². The predicted molar refractivity (Wildman–Crippen MR) is 39.4 cm³/mol. The highest BCUT2D eigenvalue weighted by molar-refractivity contribution is 5.23. The number of aliphatic hydroxyl groups is 1. The second kappa shape index (κ2) is 1.41. The number of hydrogen-bond donors (Lipinski definition) is 2. The van der Waals surface area contributed by atoms with Crippen molar-refractivity contribution in [3.8, 4) is 0 Å². The minimum absolute atomic E-state index is 0.0486. The molecule has 2 rings (SSSR count). The van der Waals surface area contributed by atoms with Crippen LogP contribution in [0, 0.1) is 11.3 Å². The normalized spacial score (nSPS) is 66.0. The molecule has 2 aliphatic carbocycles. The van der Waals surface area contributed by atoms with Crippen molar-refractivity contribution in [2.45, 2.75) is 38.3 Å². The third kappa shape index (κ3) is 0.453. The van der Waals surface area contributed by atoms with Crippen LogP contribution in [0.5, 0.6) is 0 Å². The van der Waals surface area contributed by atoms with Gasteiger partial charge in [0.25, 0.3) is 0 Å². The Kier molecular flexibility index (Phi) is 0.933. The molecule has 4 atom stereocenters. The number of hydrogen-bond acceptors (Lipinski definition) is 2. The maximum absolute atomic E-state index is 9.46. The van der Waals surface area contributed by atoms with Crippen LogP contribution in [0.15, 0.2) is 0 Å². The minimum Gasteiger partial charge on any atom is -0.392 e. The molecule has 0 aliphatic heterocycles. The summed E-state index contributed by atoms with van der Waals surface area (Å²) in [5, 5.41) is 9.46. The lowest BCUT2D eigenvalue weighted by Crippen LogP contribution is -2.44. The van der Waals surface area contributed by atoms with Gasteiger partial charge in [0.1, 0.15) is 0 Å². The molecule has 0 saturated heterocycles. The molecular formula is C8H15NO. The van der Waals surface area contributed by atoms with Crippen LogP contribution in [0.2, 0.25) is 0 Å². The molecule has 0 aromatic heterocycles. The van der Waals surface area contributed by atoms with Crippen molar-refractivity contribution in [3.63, 3.8) is 0 Å². The topological polar surface area (TPSA) is 46.2 Å². The molecule has 2 saturated carbocycles. The van der Waals surface area contributed by atoms with Gasteiger partial charge >= 0.3 is 0 Å². The second-order valence-corrected chi connectivity index (χ2v) is 4.29. The van der Waals surface area contributed by atoms with E-state index in [9.17, 15) is 5.11 Å². The molecule has 2 fully saturated rings. The van der Waals surface area contributed by atoms with Gasteiger partial charge in [-0.05, 0) is 25.7 Å². The molecule has 2 heteroatoms. The van der Waals surface area contributed by atoms with Crippen LogP contribution in [0.4, 0.5) is 0 Å². The van der Waals surface area contributed by atoms with Crippen molar-refractivity contribution in [2.24, 2.45) is 17.1 Å². The SMILES string of the molecule is CC1(N)CCC2C(O)C21C. The van der Waals surface area contributed by atoms with E-state index in [1.54, 1.807) is 0 Å². The minimum atomic E-state index is -0.115. The smallest absolute Gasteiger partial charge is 0.0649 e. The third-order valence-corrected chi connectivity index (χ3v) is 3.86. The maximum atomic E-state index is 9.46. The van der Waals surface area contributed by atoms with Crippen molar-refractivity contribution in [1.82, 2.24) is 0 Å². The van der Waals surface area contributed by atoms with Gasteiger partial charge in [0.05, 0.1) is 6.10 Å². The molecule has 0 radical (unpaired) electrons. The summed E-state index contributed by atoms with van der Waals surface area (Å²) in [4.78, 5) is 0. The predicted octanol–water partition coefficient (Wildman–Crippen LogP) is 0.495. The monoisotopic (exact) mass is 141 g/mol. The van der Waals surface area contributed by atoms with Gasteiger partial charge in [-0.25, -0.2) is 0 Å². The van der Waals surface area contributed by atoms with Gasteiger partial charge in [0.2, 0.25) is 0 Å². The molecule has 10 heavy (non-hydrogen) atoms. The summed E-state index contributed by atoms with van der Waals surface area (Å²) >= 11 is 0. The van der Waals surface area contributed by atoms with Gasteiger partial charge < -0.3 is 10.8 Å². The van der Waals surface area contributed by atoms with Crippen LogP contribution in [0.3, 0.4) is 0 Å². The Morgan fingerprint density at radius 3 is 2.30 bits per heavy atom. The van der Waals surface area contributed by atoms with Gasteiger partial charge in [0, 0.05) is 11.0 Å². The Hall–Kier alpha value is -0.0800. The lowest BCUT2D eigenvalue weighted by molar-refractivity contribution is 0.163. The van der Waals surface area contributed by atoms with Gasteiger partial charge in [-0.15, -0.1) is 0 Å². The Balaban J connectivity index is 2.30. The maximum Gasteiger partial charge on any atom is 0.0649 e. The highest BCUT2D eigenvalue weighted by Crippen LogP contribution is 2.66. The number of fused-ring (bicyclic) bond motifs is 1. The van der Waals surface area contributed by atoms with E-state index in [2.05, 4.69) is 13.8 Å². The molecule has 4 unspecified atom stereocenters. The molecule has 2 nitrogen and oxygen atoms in total. The fourth-order valence-corrected chi connectivity index (χ4v) is 2.52. The quantitative estimate of drug-likeness (QED) is 0.516. The van der Waals surface area contributed by atoms with Crippen LogP contribution >= 0.6 is 0 Å². The summed E-state index contributed by atoms with van der Waals surface area (Å²) in [5.41, 5.74) is 5.96. The zero-order chi connectivity index (χ0) is 7.57. The number of rotatable bonds is 0. The van der Waals surface area contributed by atoms with Crippen LogP contribution in [-0.4, -0.2) is 16.7 Å². The molecule has 0 aromatic rings. The van der Waals surface area contributed by atoms with E-state index < -0.39 is 0 Å². The highest BCUT2D eigenvalue weighted by Gasteiger charge is 2.71. The van der Waals surface area contributed by atoms with Gasteiger partial charge in [-0.2, -0.15) is 0 Å². The molecular weight excluding hydrogens is 126 g/mol. The molecule has 2 aliphatic rings. The molecule has 0 heterocycles. The summed E-state index contributed by atoms with van der Waals surface area (Å²) < 4.78 is 0. The van der Waals surface area contributed by atoms with Crippen molar-refractivity contribution < 1.29 is 5.11 Å². The fourth-order valence-electron chi connectivity index (χ4n) is 2.52. The van der Waals surface area contributed by atoms with Gasteiger partial charge in [-0.3, -0.25) is 0 Å². The molecule has 58 valence electrons. The molecule has 3 N–H and O–H groups in total. The van der Waals surface area contributed by atoms with E-state index in [1.165, 1.54) is 0 Å². The lowest BCUT2D eigenvalue weighted by atomic mass is 9.85. The summed E-state index contributed by atoms with van der Waals surface area (Å²) in [7, 11) is 0. The van der Waals surface area contributed by atoms with Crippen molar-refractivity contribution >= 4 is 0 Å². The Morgan fingerprint density at radius 1 is 1.50 bits per heavy atom. The molecule has 0 aromatic carbocycles. The van der Waals surface area contributed by atoms with E-state index in [0.717, 1.165) is 12.8 Å². The first-order valence-corrected chi connectivity index (χ1v) is 3.97. The zero-order valence-electron chi connectivity index (χ0n) is 6.59. The first-order chi connectivity index (χ1) is 4.50. The summed E-state index contributed by atoms with van der Waals surface area (Å²) in [5.74, 6) is 0.502. The highest BCUT2D eigenvalue weighted by atomic mass is 16.3. The van der Waals surface area contributed by atoms with E-state index in [0.29, 0.717) is 5.92 Å². The molecule has 0 bridgehead atoms. The average molecular weight is 141 g/mol. The third-order valence-electron chi connectivity index (χ3n) is 3.86. The van der Waals surface area contributed by atoms with E-state index >= 15 is 0 Å². The van der Waals surface area contributed by atoms with Crippen molar-refractivity contribution in [1.29, 1.82) is 0 Å². The van der Waals surface area contributed by atoms with Gasteiger partial charge in [-0.1, -0.05) is 6.92 Å². The van der Waals surface area contributed by atoms with E-state index in [1.807, 2.05) is 0 Å². The second-order valence-electron chi connectivity index (χ2n) is 4.29. The van der Waals surface area contributed by atoms with Crippen LogP contribution in [-0.2, 0) is 0 Å². The Labute approximate surface area is 61.4 Å². The fraction of sp³-hybridized carbons (Fsp3) is 1.00. The summed E-state index contributed by atoms with van der Waals surface area (Å²) in [6.45, 7) is 4.17. The molecule has 0 spiro atoms. The lowest BCUT2D eigenvalue weighted by Gasteiger charge is -2.28. The first-order valence-electron chi connectivity index (χ1n) is 3.97. The van der Waals surface area contributed by atoms with Crippen LogP contribution < -0.4 is 5.73 Å². The average Bonchev–Trinajstić information content (AvgIpc) is 2.24. The van der Waals surface area contributed by atoms with Crippen molar-refractivity contribution in [3.05, 3.63) is 0 Å². The number of aliphatic hydroxyl groups excluding tert-OH is 1.